The summed E-state index contributed by atoms with van der Waals surface area (Å²) in [6, 6.07) is 0. The zero-order valence-electron chi connectivity index (χ0n) is 12.4. The van der Waals surface area contributed by atoms with Gasteiger partial charge in [0.2, 0.25) is 0 Å². The number of hydrogen-bond donors (Lipinski definition) is 1. The Morgan fingerprint density at radius 2 is 1.56 bits per heavy atom. The third kappa shape index (κ3) is 10.5. The smallest absolute Gasteiger partial charge is 0.00258 e. The topological polar surface area (TPSA) is 12.0 Å². The van der Waals surface area contributed by atoms with Crippen LogP contribution in [0.3, 0.4) is 0 Å². The first-order valence-electron chi connectivity index (χ1n) is 7.04. The molecule has 0 saturated carbocycles. The molecule has 1 nitrogen and oxygen atoms in total. The molecule has 0 heterocycles. The summed E-state index contributed by atoms with van der Waals surface area (Å²) in [5.41, 5.74) is 0.513. The molecule has 1 heteroatoms. The second kappa shape index (κ2) is 8.11. The maximum atomic E-state index is 3.54. The summed E-state index contributed by atoms with van der Waals surface area (Å²) < 4.78 is 0. The fourth-order valence-electron chi connectivity index (χ4n) is 1.93. The normalized spacial score (nSPS) is 12.8. The Balaban J connectivity index is 3.53. The highest BCUT2D eigenvalue weighted by Gasteiger charge is 2.16. The van der Waals surface area contributed by atoms with E-state index in [0.717, 1.165) is 18.4 Å². The monoisotopic (exact) mass is 227 g/mol. The van der Waals surface area contributed by atoms with Crippen molar-refractivity contribution in [2.75, 3.05) is 13.1 Å². The van der Waals surface area contributed by atoms with Crippen LogP contribution in [0.5, 0.6) is 0 Å². The summed E-state index contributed by atoms with van der Waals surface area (Å²) in [5, 5.41) is 3.54. The van der Waals surface area contributed by atoms with E-state index < -0.39 is 0 Å². The highest BCUT2D eigenvalue weighted by Crippen LogP contribution is 2.27. The van der Waals surface area contributed by atoms with Crippen molar-refractivity contribution in [3.8, 4) is 0 Å². The van der Waals surface area contributed by atoms with E-state index in [1.165, 1.54) is 32.2 Å². The molecule has 0 aliphatic carbocycles. The van der Waals surface area contributed by atoms with E-state index in [2.05, 4.69) is 46.9 Å². The van der Waals surface area contributed by atoms with Crippen molar-refractivity contribution >= 4 is 0 Å². The average molecular weight is 227 g/mol. The lowest BCUT2D eigenvalue weighted by Crippen LogP contribution is -2.25. The highest BCUT2D eigenvalue weighted by molar-refractivity contribution is 4.70. The highest BCUT2D eigenvalue weighted by atomic mass is 14.8. The standard InChI is InChI=1S/C15H33N/c1-13(2)8-7-9-15(5,6)10-11-16-12-14(3)4/h13-14,16H,7-12H2,1-6H3. The Morgan fingerprint density at radius 3 is 2.06 bits per heavy atom. The maximum absolute atomic E-state index is 3.54. The van der Waals surface area contributed by atoms with Gasteiger partial charge in [-0.1, -0.05) is 54.4 Å². The summed E-state index contributed by atoms with van der Waals surface area (Å²) in [7, 11) is 0. The van der Waals surface area contributed by atoms with Crippen molar-refractivity contribution in [3.05, 3.63) is 0 Å². The molecule has 0 atom stereocenters. The fraction of sp³-hybridized carbons (Fsp3) is 1.00. The van der Waals surface area contributed by atoms with Crippen LogP contribution >= 0.6 is 0 Å². The van der Waals surface area contributed by atoms with Crippen molar-refractivity contribution in [2.45, 2.75) is 67.2 Å². The summed E-state index contributed by atoms with van der Waals surface area (Å²) in [6.07, 6.45) is 5.43. The first kappa shape index (κ1) is 16.0. The van der Waals surface area contributed by atoms with Crippen molar-refractivity contribution in [1.82, 2.24) is 5.32 Å². The Morgan fingerprint density at radius 1 is 0.938 bits per heavy atom. The molecule has 0 amide bonds. The first-order valence-corrected chi connectivity index (χ1v) is 7.04. The van der Waals surface area contributed by atoms with Crippen LogP contribution in [0.2, 0.25) is 0 Å². The van der Waals surface area contributed by atoms with E-state index in [1.54, 1.807) is 0 Å². The van der Waals surface area contributed by atoms with Gasteiger partial charge < -0.3 is 5.32 Å². The lowest BCUT2D eigenvalue weighted by molar-refractivity contribution is 0.283. The van der Waals surface area contributed by atoms with Crippen LogP contribution in [0, 0.1) is 17.3 Å². The summed E-state index contributed by atoms with van der Waals surface area (Å²) >= 11 is 0. The minimum atomic E-state index is 0.513. The average Bonchev–Trinajstić information content (AvgIpc) is 2.11. The van der Waals surface area contributed by atoms with E-state index in [4.69, 9.17) is 0 Å². The van der Waals surface area contributed by atoms with Gasteiger partial charge in [0.25, 0.3) is 0 Å². The fourth-order valence-corrected chi connectivity index (χ4v) is 1.93. The summed E-state index contributed by atoms with van der Waals surface area (Å²) in [6.45, 7) is 16.3. The second-order valence-electron chi connectivity index (χ2n) is 6.80. The quantitative estimate of drug-likeness (QED) is 0.573. The van der Waals surface area contributed by atoms with E-state index >= 15 is 0 Å². The molecule has 0 saturated heterocycles. The first-order chi connectivity index (χ1) is 7.33. The molecule has 16 heavy (non-hydrogen) atoms. The molecule has 0 bridgehead atoms. The Kier molecular flexibility index (Phi) is 8.09. The van der Waals surface area contributed by atoms with Crippen molar-refractivity contribution < 1.29 is 0 Å². The third-order valence-electron chi connectivity index (χ3n) is 3.17. The van der Waals surface area contributed by atoms with Gasteiger partial charge in [0.15, 0.2) is 0 Å². The Hall–Kier alpha value is -0.0400. The molecule has 0 aromatic heterocycles. The Labute approximate surface area is 103 Å². The van der Waals surface area contributed by atoms with E-state index in [-0.39, 0.29) is 0 Å². The van der Waals surface area contributed by atoms with Crippen LogP contribution in [-0.2, 0) is 0 Å². The van der Waals surface area contributed by atoms with Crippen LogP contribution in [0.1, 0.15) is 67.2 Å². The predicted molar refractivity (Wildman–Crippen MR) is 74.8 cm³/mol. The molecule has 0 unspecified atom stereocenters. The molecule has 0 aromatic carbocycles. The van der Waals surface area contributed by atoms with Gasteiger partial charge in [0.05, 0.1) is 0 Å². The van der Waals surface area contributed by atoms with E-state index in [1.807, 2.05) is 0 Å². The zero-order chi connectivity index (χ0) is 12.6. The third-order valence-corrected chi connectivity index (χ3v) is 3.17. The minimum absolute atomic E-state index is 0.513. The van der Waals surface area contributed by atoms with Crippen LogP contribution in [0.4, 0.5) is 0 Å². The van der Waals surface area contributed by atoms with Crippen LogP contribution in [0.15, 0.2) is 0 Å². The molecule has 0 rings (SSSR count). The zero-order valence-corrected chi connectivity index (χ0v) is 12.4. The van der Waals surface area contributed by atoms with Crippen molar-refractivity contribution in [3.63, 3.8) is 0 Å². The second-order valence-corrected chi connectivity index (χ2v) is 6.80. The molecule has 0 radical (unpaired) electrons. The maximum Gasteiger partial charge on any atom is -0.00258 e. The van der Waals surface area contributed by atoms with Gasteiger partial charge in [-0.2, -0.15) is 0 Å². The lowest BCUT2D eigenvalue weighted by Gasteiger charge is -2.25. The van der Waals surface area contributed by atoms with Gasteiger partial charge in [-0.25, -0.2) is 0 Å². The number of hydrogen-bond acceptors (Lipinski definition) is 1. The van der Waals surface area contributed by atoms with Gasteiger partial charge in [0.1, 0.15) is 0 Å². The van der Waals surface area contributed by atoms with Crippen molar-refractivity contribution in [1.29, 1.82) is 0 Å². The van der Waals surface area contributed by atoms with Gasteiger partial charge in [-0.05, 0) is 43.2 Å². The minimum Gasteiger partial charge on any atom is -0.316 e. The molecule has 1 N–H and O–H groups in total. The van der Waals surface area contributed by atoms with Gasteiger partial charge in [-0.3, -0.25) is 0 Å². The van der Waals surface area contributed by atoms with Gasteiger partial charge >= 0.3 is 0 Å². The molecule has 0 aliphatic rings. The SMILES string of the molecule is CC(C)CCCC(C)(C)CCNCC(C)C. The molecule has 0 spiro atoms. The molecule has 0 aliphatic heterocycles. The summed E-state index contributed by atoms with van der Waals surface area (Å²) in [5.74, 6) is 1.62. The number of rotatable bonds is 9. The summed E-state index contributed by atoms with van der Waals surface area (Å²) in [4.78, 5) is 0. The number of nitrogens with one attached hydrogen (secondary N) is 1. The van der Waals surface area contributed by atoms with Crippen LogP contribution in [-0.4, -0.2) is 13.1 Å². The van der Waals surface area contributed by atoms with Crippen LogP contribution < -0.4 is 5.32 Å². The Bertz CT molecular complexity index is 159. The molecule has 98 valence electrons. The van der Waals surface area contributed by atoms with Crippen LogP contribution in [0.25, 0.3) is 0 Å². The van der Waals surface area contributed by atoms with Gasteiger partial charge in [0, 0.05) is 0 Å². The predicted octanol–water partition coefficient (Wildman–Crippen LogP) is 4.47. The molecule has 0 aromatic rings. The lowest BCUT2D eigenvalue weighted by atomic mass is 9.83. The van der Waals surface area contributed by atoms with Gasteiger partial charge in [-0.15, -0.1) is 0 Å². The van der Waals surface area contributed by atoms with E-state index in [9.17, 15) is 0 Å². The largest absolute Gasteiger partial charge is 0.316 e. The molecular weight excluding hydrogens is 194 g/mol. The molecule has 0 fully saturated rings. The molecular formula is C15H33N. The van der Waals surface area contributed by atoms with E-state index in [0.29, 0.717) is 5.41 Å². The van der Waals surface area contributed by atoms with Crippen molar-refractivity contribution in [2.24, 2.45) is 17.3 Å².